The van der Waals surface area contributed by atoms with Gasteiger partial charge >= 0.3 is 6.18 Å². The largest absolute Gasteiger partial charge is 0.417 e. The molecule has 0 spiro atoms. The zero-order valence-electron chi connectivity index (χ0n) is 15.3. The Kier molecular flexibility index (Phi) is 8.51. The van der Waals surface area contributed by atoms with Gasteiger partial charge in [-0.05, 0) is 18.2 Å². The fraction of sp³-hybridized carbons (Fsp3) is 0.556. The van der Waals surface area contributed by atoms with Gasteiger partial charge in [-0.25, -0.2) is 0 Å². The standard InChI is InChI=1S/C18H22ClF3N4O2/c19-16-3-2-14(12-15(16)18(20,21)22)24-17(27)13-26(5-1-4-23)7-6-25-8-10-28-11-9-25/h2-3,12H,1,5-11,13H2,(H,24,27). The molecule has 0 saturated carbocycles. The predicted octanol–water partition coefficient (Wildman–Crippen LogP) is 2.85. The SMILES string of the molecule is N#CCCN(CCN1CCOCC1)CC(=O)Nc1ccc(Cl)c(C(F)(F)F)c1. The van der Waals surface area contributed by atoms with Crippen LogP contribution in [0.1, 0.15) is 12.0 Å². The number of alkyl halides is 3. The molecule has 1 aliphatic heterocycles. The Balaban J connectivity index is 1.94. The number of anilines is 1. The number of nitrogens with zero attached hydrogens (tertiary/aromatic N) is 3. The lowest BCUT2D eigenvalue weighted by atomic mass is 10.2. The highest BCUT2D eigenvalue weighted by Crippen LogP contribution is 2.36. The number of carbonyl (C=O) groups is 1. The third-order valence-corrected chi connectivity index (χ3v) is 4.63. The number of nitriles is 1. The quantitative estimate of drug-likeness (QED) is 0.703. The van der Waals surface area contributed by atoms with Gasteiger partial charge in [0.25, 0.3) is 0 Å². The van der Waals surface area contributed by atoms with Gasteiger partial charge < -0.3 is 10.1 Å². The summed E-state index contributed by atoms with van der Waals surface area (Å²) in [6, 6.07) is 5.28. The molecule has 1 N–H and O–H groups in total. The van der Waals surface area contributed by atoms with E-state index in [1.54, 1.807) is 0 Å². The molecule has 1 saturated heterocycles. The van der Waals surface area contributed by atoms with E-state index in [0.717, 1.165) is 31.8 Å². The van der Waals surface area contributed by atoms with Crippen LogP contribution in [0, 0.1) is 11.3 Å². The molecule has 1 heterocycles. The van der Waals surface area contributed by atoms with Crippen LogP contribution in [0.3, 0.4) is 0 Å². The minimum atomic E-state index is -4.60. The van der Waals surface area contributed by atoms with Gasteiger partial charge in [-0.1, -0.05) is 11.6 Å². The molecule has 0 aromatic heterocycles. The van der Waals surface area contributed by atoms with Crippen molar-refractivity contribution in [2.24, 2.45) is 0 Å². The van der Waals surface area contributed by atoms with E-state index in [0.29, 0.717) is 26.3 Å². The monoisotopic (exact) mass is 418 g/mol. The maximum atomic E-state index is 12.9. The van der Waals surface area contributed by atoms with Crippen molar-refractivity contribution in [3.63, 3.8) is 0 Å². The second-order valence-electron chi connectivity index (χ2n) is 6.38. The van der Waals surface area contributed by atoms with E-state index in [2.05, 4.69) is 10.2 Å². The molecule has 1 fully saturated rings. The topological polar surface area (TPSA) is 68.6 Å². The number of carbonyl (C=O) groups excluding carboxylic acids is 1. The van der Waals surface area contributed by atoms with Crippen molar-refractivity contribution >= 4 is 23.2 Å². The van der Waals surface area contributed by atoms with Crippen molar-refractivity contribution in [2.75, 3.05) is 57.8 Å². The first-order valence-electron chi connectivity index (χ1n) is 8.85. The van der Waals surface area contributed by atoms with Crippen LogP contribution < -0.4 is 5.32 Å². The molecular weight excluding hydrogens is 397 g/mol. The molecule has 1 aromatic carbocycles. The average molecular weight is 419 g/mol. The van der Waals surface area contributed by atoms with Crippen LogP contribution in [0.15, 0.2) is 18.2 Å². The molecule has 28 heavy (non-hydrogen) atoms. The van der Waals surface area contributed by atoms with Crippen molar-refractivity contribution in [1.82, 2.24) is 9.80 Å². The lowest BCUT2D eigenvalue weighted by Gasteiger charge is -2.29. The number of nitrogens with one attached hydrogen (secondary N) is 1. The fourth-order valence-corrected chi connectivity index (χ4v) is 3.03. The number of amides is 1. The smallest absolute Gasteiger partial charge is 0.379 e. The molecule has 1 aromatic rings. The summed E-state index contributed by atoms with van der Waals surface area (Å²) in [4.78, 5) is 16.3. The van der Waals surface area contributed by atoms with Gasteiger partial charge in [-0.3, -0.25) is 14.6 Å². The number of ether oxygens (including phenoxy) is 1. The van der Waals surface area contributed by atoms with Crippen molar-refractivity contribution < 1.29 is 22.7 Å². The van der Waals surface area contributed by atoms with Crippen LogP contribution in [0.4, 0.5) is 18.9 Å². The summed E-state index contributed by atoms with van der Waals surface area (Å²) < 4.78 is 44.1. The van der Waals surface area contributed by atoms with E-state index >= 15 is 0 Å². The number of hydrogen-bond donors (Lipinski definition) is 1. The van der Waals surface area contributed by atoms with Gasteiger partial charge in [-0.15, -0.1) is 0 Å². The molecule has 10 heteroatoms. The van der Waals surface area contributed by atoms with Crippen LogP contribution in [0.5, 0.6) is 0 Å². The first kappa shape index (κ1) is 22.4. The van der Waals surface area contributed by atoms with E-state index in [9.17, 15) is 18.0 Å². The van der Waals surface area contributed by atoms with E-state index in [1.807, 2.05) is 11.0 Å². The molecule has 1 amide bonds. The molecule has 0 bridgehead atoms. The number of halogens is 4. The van der Waals surface area contributed by atoms with Crippen molar-refractivity contribution in [3.8, 4) is 6.07 Å². The summed E-state index contributed by atoms with van der Waals surface area (Å²) in [5, 5.41) is 10.9. The summed E-state index contributed by atoms with van der Waals surface area (Å²) in [5.41, 5.74) is -0.976. The number of hydrogen-bond acceptors (Lipinski definition) is 5. The Hall–Kier alpha value is -1.86. The zero-order valence-corrected chi connectivity index (χ0v) is 16.0. The van der Waals surface area contributed by atoms with Gasteiger partial charge in [0.2, 0.25) is 5.91 Å². The normalized spacial score (nSPS) is 15.4. The summed E-state index contributed by atoms with van der Waals surface area (Å²) in [6.45, 7) is 4.63. The maximum Gasteiger partial charge on any atom is 0.417 e. The molecule has 6 nitrogen and oxygen atoms in total. The Morgan fingerprint density at radius 1 is 1.32 bits per heavy atom. The predicted molar refractivity (Wildman–Crippen MR) is 99.0 cm³/mol. The van der Waals surface area contributed by atoms with Crippen LogP contribution in [-0.4, -0.2) is 68.2 Å². The van der Waals surface area contributed by atoms with Crippen LogP contribution >= 0.6 is 11.6 Å². The molecule has 0 aliphatic carbocycles. The van der Waals surface area contributed by atoms with Crippen molar-refractivity contribution in [2.45, 2.75) is 12.6 Å². The molecule has 0 radical (unpaired) electrons. The van der Waals surface area contributed by atoms with Crippen LogP contribution in [-0.2, 0) is 15.7 Å². The average Bonchev–Trinajstić information content (AvgIpc) is 2.65. The van der Waals surface area contributed by atoms with Gasteiger partial charge in [0.1, 0.15) is 0 Å². The summed E-state index contributed by atoms with van der Waals surface area (Å²) in [7, 11) is 0. The van der Waals surface area contributed by atoms with E-state index < -0.39 is 22.7 Å². The van der Waals surface area contributed by atoms with Gasteiger partial charge in [0.05, 0.1) is 36.4 Å². The van der Waals surface area contributed by atoms with Crippen LogP contribution in [0.25, 0.3) is 0 Å². The highest BCUT2D eigenvalue weighted by molar-refractivity contribution is 6.31. The Morgan fingerprint density at radius 2 is 2.04 bits per heavy atom. The number of morpholine rings is 1. The first-order chi connectivity index (χ1) is 13.3. The first-order valence-corrected chi connectivity index (χ1v) is 9.23. The van der Waals surface area contributed by atoms with Gasteiger partial charge in [0, 0.05) is 44.8 Å². The van der Waals surface area contributed by atoms with E-state index in [4.69, 9.17) is 21.6 Å². The Labute approximate surface area is 166 Å². The molecular formula is C18H22ClF3N4O2. The summed E-state index contributed by atoms with van der Waals surface area (Å²) in [5.74, 6) is -0.449. The minimum Gasteiger partial charge on any atom is -0.379 e. The summed E-state index contributed by atoms with van der Waals surface area (Å²) in [6.07, 6.45) is -4.34. The Morgan fingerprint density at radius 3 is 2.68 bits per heavy atom. The number of rotatable bonds is 8. The van der Waals surface area contributed by atoms with Crippen LogP contribution in [0.2, 0.25) is 5.02 Å². The lowest BCUT2D eigenvalue weighted by Crippen LogP contribution is -2.43. The van der Waals surface area contributed by atoms with Gasteiger partial charge in [0.15, 0.2) is 0 Å². The third-order valence-electron chi connectivity index (χ3n) is 4.30. The highest BCUT2D eigenvalue weighted by Gasteiger charge is 2.33. The highest BCUT2D eigenvalue weighted by atomic mass is 35.5. The molecule has 2 rings (SSSR count). The molecule has 154 valence electrons. The molecule has 0 unspecified atom stereocenters. The zero-order chi connectivity index (χ0) is 20.6. The third kappa shape index (κ3) is 7.28. The Bertz CT molecular complexity index is 703. The van der Waals surface area contributed by atoms with Gasteiger partial charge in [-0.2, -0.15) is 18.4 Å². The van der Waals surface area contributed by atoms with E-state index in [-0.39, 0.29) is 18.7 Å². The van der Waals surface area contributed by atoms with Crippen molar-refractivity contribution in [3.05, 3.63) is 28.8 Å². The second kappa shape index (κ2) is 10.6. The lowest BCUT2D eigenvalue weighted by molar-refractivity contribution is -0.137. The molecule has 0 atom stereocenters. The minimum absolute atomic E-state index is 0.0179. The van der Waals surface area contributed by atoms with Crippen molar-refractivity contribution in [1.29, 1.82) is 5.26 Å². The molecule has 1 aliphatic rings. The maximum absolute atomic E-state index is 12.9. The fourth-order valence-electron chi connectivity index (χ4n) is 2.81. The van der Waals surface area contributed by atoms with E-state index in [1.165, 1.54) is 6.07 Å². The second-order valence-corrected chi connectivity index (χ2v) is 6.79. The summed E-state index contributed by atoms with van der Waals surface area (Å²) >= 11 is 5.59. The number of benzene rings is 1.